The lowest BCUT2D eigenvalue weighted by molar-refractivity contribution is 0.575. The Morgan fingerprint density at radius 2 is 1.36 bits per heavy atom. The van der Waals surface area contributed by atoms with E-state index in [0.717, 1.165) is 0 Å². The van der Waals surface area contributed by atoms with Crippen molar-refractivity contribution in [2.24, 2.45) is 0 Å². The monoisotopic (exact) mass is 196 g/mol. The summed E-state index contributed by atoms with van der Waals surface area (Å²) in [5.41, 5.74) is 1.55. The number of hydrogen-bond donors (Lipinski definition) is 0. The molecule has 0 spiro atoms. The predicted octanol–water partition coefficient (Wildman–Crippen LogP) is 5.48. The highest BCUT2D eigenvalue weighted by Gasteiger charge is 1.92. The van der Waals surface area contributed by atoms with Crippen LogP contribution in [0.5, 0.6) is 0 Å². The molecule has 0 radical (unpaired) electrons. The van der Waals surface area contributed by atoms with Crippen LogP contribution in [0.3, 0.4) is 0 Å². The molecule has 0 amide bonds. The highest BCUT2D eigenvalue weighted by Crippen LogP contribution is 2.12. The van der Waals surface area contributed by atoms with Gasteiger partial charge in [-0.2, -0.15) is 0 Å². The van der Waals surface area contributed by atoms with E-state index in [4.69, 9.17) is 0 Å². The van der Waals surface area contributed by atoms with Gasteiger partial charge in [0.05, 0.1) is 0 Å². The van der Waals surface area contributed by atoms with E-state index in [1.165, 1.54) is 57.8 Å². The van der Waals surface area contributed by atoms with Gasteiger partial charge in [0.2, 0.25) is 0 Å². The van der Waals surface area contributed by atoms with E-state index < -0.39 is 0 Å². The van der Waals surface area contributed by atoms with Crippen LogP contribution in [0, 0.1) is 0 Å². The predicted molar refractivity (Wildman–Crippen MR) is 66.7 cm³/mol. The molecule has 0 rings (SSSR count). The fourth-order valence-electron chi connectivity index (χ4n) is 1.68. The van der Waals surface area contributed by atoms with Crippen molar-refractivity contribution in [1.82, 2.24) is 0 Å². The molecule has 0 aromatic carbocycles. The van der Waals surface area contributed by atoms with Crippen molar-refractivity contribution in [1.29, 1.82) is 0 Å². The normalized spacial score (nSPS) is 12.1. The van der Waals surface area contributed by atoms with Crippen LogP contribution in [0.2, 0.25) is 0 Å². The van der Waals surface area contributed by atoms with Crippen LogP contribution < -0.4 is 0 Å². The van der Waals surface area contributed by atoms with Gasteiger partial charge in [0.1, 0.15) is 0 Å². The van der Waals surface area contributed by atoms with Crippen LogP contribution >= 0.6 is 0 Å². The van der Waals surface area contributed by atoms with Crippen LogP contribution in [0.25, 0.3) is 0 Å². The van der Waals surface area contributed by atoms with Crippen LogP contribution in [-0.2, 0) is 0 Å². The molecule has 0 saturated heterocycles. The SMILES string of the molecule is CC=C(C)CCCCCCCCCC. The molecule has 0 N–H and O–H groups in total. The minimum absolute atomic E-state index is 1.31. The molecular formula is C14H28. The van der Waals surface area contributed by atoms with Crippen LogP contribution in [0.15, 0.2) is 11.6 Å². The van der Waals surface area contributed by atoms with Gasteiger partial charge in [-0.25, -0.2) is 0 Å². The Morgan fingerprint density at radius 3 is 1.86 bits per heavy atom. The molecule has 0 heterocycles. The summed E-state index contributed by atoms with van der Waals surface area (Å²) in [6.07, 6.45) is 15.0. The highest BCUT2D eigenvalue weighted by atomic mass is 14.0. The van der Waals surface area contributed by atoms with Gasteiger partial charge in [-0.15, -0.1) is 0 Å². The first-order valence-corrected chi connectivity index (χ1v) is 6.43. The lowest BCUT2D eigenvalue weighted by atomic mass is 10.1. The lowest BCUT2D eigenvalue weighted by Gasteiger charge is -2.01. The molecule has 0 nitrogen and oxygen atoms in total. The Bertz CT molecular complexity index is 133. The Kier molecular flexibility index (Phi) is 10.6. The molecule has 84 valence electrons. The molecule has 0 aliphatic rings. The van der Waals surface area contributed by atoms with Crippen molar-refractivity contribution in [3.63, 3.8) is 0 Å². The second-order valence-electron chi connectivity index (χ2n) is 4.36. The first kappa shape index (κ1) is 13.7. The molecule has 0 fully saturated rings. The quantitative estimate of drug-likeness (QED) is 0.338. The second-order valence-corrected chi connectivity index (χ2v) is 4.36. The van der Waals surface area contributed by atoms with Gasteiger partial charge < -0.3 is 0 Å². The summed E-state index contributed by atoms with van der Waals surface area (Å²) in [7, 11) is 0. The Balaban J connectivity index is 2.99. The van der Waals surface area contributed by atoms with E-state index in [-0.39, 0.29) is 0 Å². The van der Waals surface area contributed by atoms with Crippen LogP contribution in [0.4, 0.5) is 0 Å². The molecular weight excluding hydrogens is 168 g/mol. The van der Waals surface area contributed by atoms with E-state index in [1.807, 2.05) is 0 Å². The van der Waals surface area contributed by atoms with Crippen molar-refractivity contribution in [3.8, 4) is 0 Å². The first-order chi connectivity index (χ1) is 6.81. The molecule has 0 bridgehead atoms. The van der Waals surface area contributed by atoms with Gasteiger partial charge in [-0.3, -0.25) is 0 Å². The van der Waals surface area contributed by atoms with Crippen molar-refractivity contribution in [3.05, 3.63) is 11.6 Å². The summed E-state index contributed by atoms with van der Waals surface area (Å²) in [4.78, 5) is 0. The van der Waals surface area contributed by atoms with Crippen molar-refractivity contribution < 1.29 is 0 Å². The van der Waals surface area contributed by atoms with Crippen molar-refractivity contribution in [2.45, 2.75) is 78.6 Å². The van der Waals surface area contributed by atoms with Crippen LogP contribution in [-0.4, -0.2) is 0 Å². The second kappa shape index (κ2) is 10.8. The van der Waals surface area contributed by atoms with Gasteiger partial charge in [0.25, 0.3) is 0 Å². The maximum Gasteiger partial charge on any atom is -0.0323 e. The molecule has 0 aromatic heterocycles. The Labute approximate surface area is 90.8 Å². The van der Waals surface area contributed by atoms with Crippen LogP contribution in [0.1, 0.15) is 78.6 Å². The number of rotatable bonds is 9. The van der Waals surface area contributed by atoms with Gasteiger partial charge in [0, 0.05) is 0 Å². The fourth-order valence-corrected chi connectivity index (χ4v) is 1.68. The highest BCUT2D eigenvalue weighted by molar-refractivity contribution is 4.94. The Hall–Kier alpha value is -0.260. The molecule has 0 atom stereocenters. The summed E-state index contributed by atoms with van der Waals surface area (Å²) in [5, 5.41) is 0. The standard InChI is InChI=1S/C14H28/c1-4-6-7-8-9-10-11-12-13-14(3)5-2/h5H,4,6-13H2,1-3H3. The van der Waals surface area contributed by atoms with Crippen molar-refractivity contribution >= 4 is 0 Å². The topological polar surface area (TPSA) is 0 Å². The fraction of sp³-hybridized carbons (Fsp3) is 0.857. The third-order valence-corrected chi connectivity index (χ3v) is 2.92. The minimum atomic E-state index is 1.31. The third kappa shape index (κ3) is 9.83. The molecule has 0 saturated carbocycles. The summed E-state index contributed by atoms with van der Waals surface area (Å²) >= 11 is 0. The van der Waals surface area contributed by atoms with E-state index >= 15 is 0 Å². The third-order valence-electron chi connectivity index (χ3n) is 2.92. The van der Waals surface area contributed by atoms with Gasteiger partial charge in [-0.1, -0.05) is 63.5 Å². The number of allylic oxidation sites excluding steroid dienone is 2. The number of unbranched alkanes of at least 4 members (excludes halogenated alkanes) is 7. The molecule has 0 heteroatoms. The van der Waals surface area contributed by atoms with E-state index in [2.05, 4.69) is 26.8 Å². The largest absolute Gasteiger partial charge is 0.0887 e. The average Bonchev–Trinajstić information content (AvgIpc) is 2.21. The van der Waals surface area contributed by atoms with Gasteiger partial charge >= 0.3 is 0 Å². The summed E-state index contributed by atoms with van der Waals surface area (Å²) in [6.45, 7) is 6.65. The molecule has 0 aliphatic carbocycles. The maximum absolute atomic E-state index is 2.28. The van der Waals surface area contributed by atoms with E-state index in [1.54, 1.807) is 5.57 Å². The molecule has 14 heavy (non-hydrogen) atoms. The average molecular weight is 196 g/mol. The number of hydrogen-bond acceptors (Lipinski definition) is 0. The van der Waals surface area contributed by atoms with E-state index in [0.29, 0.717) is 0 Å². The molecule has 0 unspecified atom stereocenters. The minimum Gasteiger partial charge on any atom is -0.0887 e. The maximum atomic E-state index is 2.28. The summed E-state index contributed by atoms with van der Waals surface area (Å²) in [6, 6.07) is 0. The first-order valence-electron chi connectivity index (χ1n) is 6.43. The lowest BCUT2D eigenvalue weighted by Crippen LogP contribution is -1.82. The summed E-state index contributed by atoms with van der Waals surface area (Å²) in [5.74, 6) is 0. The smallest absolute Gasteiger partial charge is 0.0323 e. The van der Waals surface area contributed by atoms with E-state index in [9.17, 15) is 0 Å². The van der Waals surface area contributed by atoms with Gasteiger partial charge in [-0.05, 0) is 26.7 Å². The van der Waals surface area contributed by atoms with Gasteiger partial charge in [0.15, 0.2) is 0 Å². The molecule has 0 aliphatic heterocycles. The zero-order chi connectivity index (χ0) is 10.6. The van der Waals surface area contributed by atoms with Crippen molar-refractivity contribution in [2.75, 3.05) is 0 Å². The molecule has 0 aromatic rings. The summed E-state index contributed by atoms with van der Waals surface area (Å²) < 4.78 is 0. The Morgan fingerprint density at radius 1 is 0.857 bits per heavy atom. The zero-order valence-electron chi connectivity index (χ0n) is 10.4. The zero-order valence-corrected chi connectivity index (χ0v) is 10.4.